The van der Waals surface area contributed by atoms with E-state index in [4.69, 9.17) is 0 Å². The van der Waals surface area contributed by atoms with E-state index in [1.165, 1.54) is 44.5 Å². The zero-order chi connectivity index (χ0) is 20.2. The molecular weight excluding hydrogens is 388 g/mol. The van der Waals surface area contributed by atoms with Gasteiger partial charge in [-0.05, 0) is 82.6 Å². The summed E-state index contributed by atoms with van der Waals surface area (Å²) < 4.78 is 0. The van der Waals surface area contributed by atoms with E-state index in [1.807, 2.05) is 0 Å². The zero-order valence-corrected chi connectivity index (χ0v) is 18.3. The molecule has 0 atom stereocenters. The van der Waals surface area contributed by atoms with Crippen LogP contribution in [0.15, 0.2) is 94.7 Å². The van der Waals surface area contributed by atoms with Gasteiger partial charge in [0, 0.05) is 9.79 Å². The molecule has 0 saturated carbocycles. The van der Waals surface area contributed by atoms with Gasteiger partial charge in [0.05, 0.1) is 5.41 Å². The molecule has 0 N–H and O–H groups in total. The number of fused-ring (bicyclic) bond motifs is 3. The van der Waals surface area contributed by atoms with Gasteiger partial charge in [-0.1, -0.05) is 60.7 Å². The highest BCUT2D eigenvalue weighted by atomic mass is 32.1. The number of aryl methyl sites for hydroxylation is 2. The molecule has 0 nitrogen and oxygen atoms in total. The van der Waals surface area contributed by atoms with E-state index in [0.29, 0.717) is 0 Å². The van der Waals surface area contributed by atoms with Gasteiger partial charge in [0.25, 0.3) is 0 Å². The molecule has 0 radical (unpaired) electrons. The predicted octanol–water partition coefficient (Wildman–Crippen LogP) is 7.24. The van der Waals surface area contributed by atoms with E-state index >= 15 is 0 Å². The Hall–Kier alpha value is -2.42. The summed E-state index contributed by atoms with van der Waals surface area (Å²) >= 11 is 9.19. The Morgan fingerprint density at radius 2 is 0.931 bits per heavy atom. The average Bonchev–Trinajstić information content (AvgIpc) is 3.00. The Bertz CT molecular complexity index is 1150. The van der Waals surface area contributed by atoms with Crippen LogP contribution < -0.4 is 0 Å². The first kappa shape index (κ1) is 18.6. The van der Waals surface area contributed by atoms with Crippen LogP contribution >= 0.6 is 25.3 Å². The lowest BCUT2D eigenvalue weighted by Crippen LogP contribution is -2.30. The van der Waals surface area contributed by atoms with Crippen molar-refractivity contribution in [3.05, 3.63) is 118 Å². The monoisotopic (exact) mass is 410 g/mol. The summed E-state index contributed by atoms with van der Waals surface area (Å²) in [4.78, 5) is 1.98. The SMILES string of the molecule is Cc1cc(S)ccc1C1(c2ccc(S)cc2C)c2ccccc2-c2ccccc21. The van der Waals surface area contributed by atoms with Crippen molar-refractivity contribution in [2.45, 2.75) is 29.1 Å². The Morgan fingerprint density at radius 3 is 1.34 bits per heavy atom. The lowest BCUT2D eigenvalue weighted by Gasteiger charge is -2.36. The van der Waals surface area contributed by atoms with Gasteiger partial charge in [-0.15, -0.1) is 25.3 Å². The number of thiol groups is 2. The number of benzene rings is 4. The molecule has 0 saturated heterocycles. The third-order valence-corrected chi connectivity index (χ3v) is 6.74. The molecule has 0 spiro atoms. The van der Waals surface area contributed by atoms with Crippen LogP contribution in [0.25, 0.3) is 11.1 Å². The van der Waals surface area contributed by atoms with Crippen LogP contribution in [0, 0.1) is 13.8 Å². The summed E-state index contributed by atoms with van der Waals surface area (Å²) in [6.45, 7) is 4.39. The van der Waals surface area contributed by atoms with Crippen LogP contribution in [-0.2, 0) is 5.41 Å². The molecule has 0 amide bonds. The molecule has 0 unspecified atom stereocenters. The standard InChI is InChI=1S/C27H22S2/c1-17-15-19(28)11-13-23(17)27(24-14-12-20(29)16-18(24)2)25-9-5-3-7-21(25)22-8-4-6-10-26(22)27/h3-16,28-29H,1-2H3. The van der Waals surface area contributed by atoms with Crippen LogP contribution in [0.2, 0.25) is 0 Å². The van der Waals surface area contributed by atoms with Gasteiger partial charge in [-0.25, -0.2) is 0 Å². The minimum atomic E-state index is -0.357. The van der Waals surface area contributed by atoms with Gasteiger partial charge in [0.15, 0.2) is 0 Å². The molecule has 1 aliphatic carbocycles. The summed E-state index contributed by atoms with van der Waals surface area (Å²) in [6.07, 6.45) is 0. The maximum Gasteiger partial charge on any atom is 0.0718 e. The fourth-order valence-electron chi connectivity index (χ4n) is 5.10. The highest BCUT2D eigenvalue weighted by Crippen LogP contribution is 2.57. The molecule has 29 heavy (non-hydrogen) atoms. The van der Waals surface area contributed by atoms with Gasteiger partial charge < -0.3 is 0 Å². The van der Waals surface area contributed by atoms with Gasteiger partial charge >= 0.3 is 0 Å². The second kappa shape index (κ2) is 6.83. The van der Waals surface area contributed by atoms with Gasteiger partial charge in [0.1, 0.15) is 0 Å². The van der Waals surface area contributed by atoms with E-state index in [-0.39, 0.29) is 5.41 Å². The molecule has 142 valence electrons. The molecule has 0 heterocycles. The topological polar surface area (TPSA) is 0 Å². The zero-order valence-electron chi connectivity index (χ0n) is 16.5. The van der Waals surface area contributed by atoms with Crippen molar-refractivity contribution in [3.63, 3.8) is 0 Å². The number of hydrogen-bond acceptors (Lipinski definition) is 2. The second-order valence-corrected chi connectivity index (χ2v) is 8.87. The van der Waals surface area contributed by atoms with Crippen molar-refractivity contribution in [2.75, 3.05) is 0 Å². The largest absolute Gasteiger partial charge is 0.143 e. The molecule has 4 aromatic rings. The Balaban J connectivity index is 2.00. The Labute approximate surface area is 183 Å². The third-order valence-electron chi connectivity index (χ3n) is 6.18. The summed E-state index contributed by atoms with van der Waals surface area (Å²) in [7, 11) is 0. The molecule has 5 rings (SSSR count). The Morgan fingerprint density at radius 1 is 0.517 bits per heavy atom. The molecule has 1 aliphatic rings. The normalized spacial score (nSPS) is 13.8. The van der Waals surface area contributed by atoms with Crippen molar-refractivity contribution in [1.29, 1.82) is 0 Å². The van der Waals surface area contributed by atoms with Gasteiger partial charge in [0.2, 0.25) is 0 Å². The highest BCUT2D eigenvalue weighted by molar-refractivity contribution is 7.80. The molecule has 0 fully saturated rings. The first-order chi connectivity index (χ1) is 14.0. The van der Waals surface area contributed by atoms with Crippen LogP contribution in [0.5, 0.6) is 0 Å². The molecule has 4 aromatic carbocycles. The van der Waals surface area contributed by atoms with Crippen molar-refractivity contribution in [1.82, 2.24) is 0 Å². The quantitative estimate of drug-likeness (QED) is 0.281. The summed E-state index contributed by atoms with van der Waals surface area (Å²) in [5.41, 5.74) is 10.1. The highest BCUT2D eigenvalue weighted by Gasteiger charge is 2.47. The predicted molar refractivity (Wildman–Crippen MR) is 128 cm³/mol. The van der Waals surface area contributed by atoms with Gasteiger partial charge in [-0.3, -0.25) is 0 Å². The van der Waals surface area contributed by atoms with Crippen molar-refractivity contribution in [3.8, 4) is 11.1 Å². The van der Waals surface area contributed by atoms with E-state index < -0.39 is 0 Å². The Kier molecular flexibility index (Phi) is 4.38. The molecule has 0 bridgehead atoms. The van der Waals surface area contributed by atoms with Crippen molar-refractivity contribution in [2.24, 2.45) is 0 Å². The van der Waals surface area contributed by atoms with Crippen LogP contribution in [0.4, 0.5) is 0 Å². The first-order valence-corrected chi connectivity index (χ1v) is 10.7. The summed E-state index contributed by atoms with van der Waals surface area (Å²) in [6, 6.07) is 30.7. The van der Waals surface area contributed by atoms with E-state index in [2.05, 4.69) is 124 Å². The number of rotatable bonds is 2. The molecule has 2 heteroatoms. The lowest BCUT2D eigenvalue weighted by molar-refractivity contribution is 0.751. The average molecular weight is 411 g/mol. The van der Waals surface area contributed by atoms with Crippen molar-refractivity contribution < 1.29 is 0 Å². The summed E-state index contributed by atoms with van der Waals surface area (Å²) in [5.74, 6) is 0. The maximum absolute atomic E-state index is 4.59. The van der Waals surface area contributed by atoms with E-state index in [0.717, 1.165) is 9.79 Å². The smallest absolute Gasteiger partial charge is 0.0718 e. The van der Waals surface area contributed by atoms with E-state index in [1.54, 1.807) is 0 Å². The molecular formula is C27H22S2. The first-order valence-electron chi connectivity index (χ1n) is 9.83. The fourth-order valence-corrected chi connectivity index (χ4v) is 5.63. The number of hydrogen-bond donors (Lipinski definition) is 2. The molecule has 0 aromatic heterocycles. The van der Waals surface area contributed by atoms with Gasteiger partial charge in [-0.2, -0.15) is 0 Å². The van der Waals surface area contributed by atoms with Crippen LogP contribution in [-0.4, -0.2) is 0 Å². The molecule has 0 aliphatic heterocycles. The maximum atomic E-state index is 4.59. The minimum absolute atomic E-state index is 0.357. The van der Waals surface area contributed by atoms with Crippen LogP contribution in [0.3, 0.4) is 0 Å². The lowest BCUT2D eigenvalue weighted by atomic mass is 9.65. The van der Waals surface area contributed by atoms with Crippen molar-refractivity contribution >= 4 is 25.3 Å². The van der Waals surface area contributed by atoms with E-state index in [9.17, 15) is 0 Å². The minimum Gasteiger partial charge on any atom is -0.143 e. The summed E-state index contributed by atoms with van der Waals surface area (Å²) in [5, 5.41) is 0. The van der Waals surface area contributed by atoms with Crippen LogP contribution in [0.1, 0.15) is 33.4 Å². The third kappa shape index (κ3) is 2.63. The second-order valence-electron chi connectivity index (χ2n) is 7.84. The fraction of sp³-hybridized carbons (Fsp3) is 0.111.